The molecule has 0 aromatic carbocycles. The fourth-order valence-electron chi connectivity index (χ4n) is 1.84. The van der Waals surface area contributed by atoms with Crippen molar-refractivity contribution in [3.8, 4) is 0 Å². The Morgan fingerprint density at radius 2 is 1.94 bits per heavy atom. The Labute approximate surface area is 111 Å². The maximum absolute atomic E-state index is 12.2. The molecule has 1 aliphatic rings. The van der Waals surface area contributed by atoms with Crippen LogP contribution in [-0.2, 0) is 9.84 Å². The fourth-order valence-corrected chi connectivity index (χ4v) is 3.23. The molecule has 1 aromatic heterocycles. The largest absolute Gasteiger partial charge is 0.337 e. The molecule has 2 heterocycles. The van der Waals surface area contributed by atoms with Crippen LogP contribution in [0.3, 0.4) is 0 Å². The monoisotopic (exact) mass is 288 g/mol. The normalized spacial score (nSPS) is 18.7. The fraction of sp³-hybridized carbons (Fsp3) is 0.455. The number of carbonyl (C=O) groups is 1. The number of hydrogen-bond donors (Lipinski definition) is 0. The van der Waals surface area contributed by atoms with Crippen molar-refractivity contribution in [1.29, 1.82) is 0 Å². The molecule has 0 radical (unpaired) electrons. The van der Waals surface area contributed by atoms with Crippen molar-refractivity contribution in [3.63, 3.8) is 0 Å². The first-order chi connectivity index (χ1) is 8.39. The summed E-state index contributed by atoms with van der Waals surface area (Å²) in [6.07, 6.45) is 0. The van der Waals surface area contributed by atoms with Gasteiger partial charge in [-0.3, -0.25) is 4.79 Å². The van der Waals surface area contributed by atoms with Crippen LogP contribution in [0, 0.1) is 6.92 Å². The van der Waals surface area contributed by atoms with E-state index in [0.717, 1.165) is 0 Å². The zero-order chi connectivity index (χ0) is 13.3. The molecular weight excluding hydrogens is 276 g/mol. The first-order valence-electron chi connectivity index (χ1n) is 5.52. The maximum atomic E-state index is 12.2. The molecule has 98 valence electrons. The van der Waals surface area contributed by atoms with E-state index in [4.69, 9.17) is 11.6 Å². The summed E-state index contributed by atoms with van der Waals surface area (Å²) in [4.78, 5) is 17.7. The van der Waals surface area contributed by atoms with Gasteiger partial charge in [-0.1, -0.05) is 11.6 Å². The standard InChI is InChI=1S/C11H13ClN2O3S/c1-8-9(2-3-10(12)13-8)11(15)14-4-6-18(16,17)7-5-14/h2-3H,4-7H2,1H3. The Balaban J connectivity index is 2.17. The summed E-state index contributed by atoms with van der Waals surface area (Å²) < 4.78 is 22.6. The van der Waals surface area contributed by atoms with E-state index in [1.54, 1.807) is 24.0 Å². The van der Waals surface area contributed by atoms with Gasteiger partial charge in [0.1, 0.15) is 5.15 Å². The zero-order valence-corrected chi connectivity index (χ0v) is 11.5. The molecule has 0 unspecified atom stereocenters. The van der Waals surface area contributed by atoms with E-state index in [1.807, 2.05) is 0 Å². The minimum atomic E-state index is -2.98. The second kappa shape index (κ2) is 4.85. The molecule has 0 aliphatic carbocycles. The van der Waals surface area contributed by atoms with Crippen molar-refractivity contribution < 1.29 is 13.2 Å². The molecule has 1 aliphatic heterocycles. The van der Waals surface area contributed by atoms with E-state index in [0.29, 0.717) is 16.4 Å². The molecule has 1 fully saturated rings. The van der Waals surface area contributed by atoms with Crippen molar-refractivity contribution >= 4 is 27.3 Å². The Hall–Kier alpha value is -1.14. The van der Waals surface area contributed by atoms with Gasteiger partial charge in [-0.05, 0) is 19.1 Å². The molecule has 2 rings (SSSR count). The quantitative estimate of drug-likeness (QED) is 0.721. The minimum absolute atomic E-state index is 0.0266. The average Bonchev–Trinajstić information content (AvgIpc) is 2.28. The highest BCUT2D eigenvalue weighted by molar-refractivity contribution is 7.91. The third-order valence-electron chi connectivity index (χ3n) is 2.91. The van der Waals surface area contributed by atoms with E-state index in [2.05, 4.69) is 4.98 Å². The van der Waals surface area contributed by atoms with Gasteiger partial charge in [0.2, 0.25) is 0 Å². The average molecular weight is 289 g/mol. The number of nitrogens with zero attached hydrogens (tertiary/aromatic N) is 2. The zero-order valence-electron chi connectivity index (χ0n) is 9.89. The molecule has 0 atom stereocenters. The lowest BCUT2D eigenvalue weighted by molar-refractivity contribution is 0.0769. The van der Waals surface area contributed by atoms with Gasteiger partial charge in [-0.2, -0.15) is 0 Å². The van der Waals surface area contributed by atoms with E-state index in [9.17, 15) is 13.2 Å². The van der Waals surface area contributed by atoms with E-state index in [1.165, 1.54) is 0 Å². The summed E-state index contributed by atoms with van der Waals surface area (Å²) in [7, 11) is -2.98. The third-order valence-corrected chi connectivity index (χ3v) is 4.73. The van der Waals surface area contributed by atoms with E-state index >= 15 is 0 Å². The SMILES string of the molecule is Cc1nc(Cl)ccc1C(=O)N1CCS(=O)(=O)CC1. The third kappa shape index (κ3) is 2.81. The van der Waals surface area contributed by atoms with Crippen LogP contribution in [-0.4, -0.2) is 48.8 Å². The van der Waals surface area contributed by atoms with Crippen molar-refractivity contribution in [1.82, 2.24) is 9.88 Å². The number of amides is 1. The van der Waals surface area contributed by atoms with Gasteiger partial charge in [0, 0.05) is 13.1 Å². The van der Waals surface area contributed by atoms with E-state index in [-0.39, 0.29) is 30.5 Å². The van der Waals surface area contributed by atoms with Gasteiger partial charge in [0.05, 0.1) is 22.8 Å². The Bertz CT molecular complexity index is 572. The van der Waals surface area contributed by atoms with Gasteiger partial charge >= 0.3 is 0 Å². The van der Waals surface area contributed by atoms with Crippen LogP contribution in [0.15, 0.2) is 12.1 Å². The molecule has 0 spiro atoms. The van der Waals surface area contributed by atoms with Crippen LogP contribution in [0.25, 0.3) is 0 Å². The second-order valence-electron chi connectivity index (χ2n) is 4.21. The smallest absolute Gasteiger partial charge is 0.255 e. The topological polar surface area (TPSA) is 67.3 Å². The Morgan fingerprint density at radius 1 is 1.33 bits per heavy atom. The van der Waals surface area contributed by atoms with Crippen molar-refractivity contribution in [2.24, 2.45) is 0 Å². The van der Waals surface area contributed by atoms with Crippen LogP contribution in [0.5, 0.6) is 0 Å². The number of aryl methyl sites for hydroxylation is 1. The predicted octanol–water partition coefficient (Wildman–Crippen LogP) is 0.914. The number of rotatable bonds is 1. The highest BCUT2D eigenvalue weighted by Crippen LogP contribution is 2.15. The highest BCUT2D eigenvalue weighted by atomic mass is 35.5. The lowest BCUT2D eigenvalue weighted by Crippen LogP contribution is -2.44. The van der Waals surface area contributed by atoms with Gasteiger partial charge in [0.25, 0.3) is 5.91 Å². The molecular formula is C11H13ClN2O3S. The molecule has 0 N–H and O–H groups in total. The molecule has 5 nitrogen and oxygen atoms in total. The predicted molar refractivity (Wildman–Crippen MR) is 68.5 cm³/mol. The van der Waals surface area contributed by atoms with Crippen molar-refractivity contribution in [2.75, 3.05) is 24.6 Å². The maximum Gasteiger partial charge on any atom is 0.255 e. The van der Waals surface area contributed by atoms with Crippen molar-refractivity contribution in [3.05, 3.63) is 28.5 Å². The molecule has 0 saturated carbocycles. The van der Waals surface area contributed by atoms with Gasteiger partial charge in [0.15, 0.2) is 9.84 Å². The van der Waals surface area contributed by atoms with Gasteiger partial charge in [-0.25, -0.2) is 13.4 Å². The number of sulfone groups is 1. The number of pyridine rings is 1. The van der Waals surface area contributed by atoms with Gasteiger partial charge in [-0.15, -0.1) is 0 Å². The molecule has 1 aromatic rings. The summed E-state index contributed by atoms with van der Waals surface area (Å²) in [6, 6.07) is 3.18. The van der Waals surface area contributed by atoms with Crippen LogP contribution in [0.1, 0.15) is 16.1 Å². The lowest BCUT2D eigenvalue weighted by Gasteiger charge is -2.27. The summed E-state index contributed by atoms with van der Waals surface area (Å²) in [5.41, 5.74) is 1.03. The highest BCUT2D eigenvalue weighted by Gasteiger charge is 2.26. The first-order valence-corrected chi connectivity index (χ1v) is 7.72. The molecule has 0 bridgehead atoms. The molecule has 1 amide bonds. The molecule has 1 saturated heterocycles. The van der Waals surface area contributed by atoms with E-state index < -0.39 is 9.84 Å². The molecule has 18 heavy (non-hydrogen) atoms. The van der Waals surface area contributed by atoms with Crippen LogP contribution >= 0.6 is 11.6 Å². The number of hydrogen-bond acceptors (Lipinski definition) is 4. The number of carbonyl (C=O) groups excluding carboxylic acids is 1. The van der Waals surface area contributed by atoms with Crippen LogP contribution < -0.4 is 0 Å². The molecule has 7 heteroatoms. The summed E-state index contributed by atoms with van der Waals surface area (Å²) in [5.74, 6) is -0.135. The van der Waals surface area contributed by atoms with Crippen molar-refractivity contribution in [2.45, 2.75) is 6.92 Å². The summed E-state index contributed by atoms with van der Waals surface area (Å²) in [5, 5.41) is 0.338. The van der Waals surface area contributed by atoms with Crippen LogP contribution in [0.2, 0.25) is 5.15 Å². The summed E-state index contributed by atoms with van der Waals surface area (Å²) in [6.45, 7) is 2.19. The lowest BCUT2D eigenvalue weighted by atomic mass is 10.2. The minimum Gasteiger partial charge on any atom is -0.337 e. The summed E-state index contributed by atoms with van der Waals surface area (Å²) >= 11 is 5.73. The number of aromatic nitrogens is 1. The first kappa shape index (κ1) is 13.3. The Morgan fingerprint density at radius 3 is 2.50 bits per heavy atom. The Kier molecular flexibility index (Phi) is 3.59. The number of halogens is 1. The second-order valence-corrected chi connectivity index (χ2v) is 6.90. The van der Waals surface area contributed by atoms with Gasteiger partial charge < -0.3 is 4.90 Å². The van der Waals surface area contributed by atoms with Crippen LogP contribution in [0.4, 0.5) is 0 Å².